The van der Waals surface area contributed by atoms with Gasteiger partial charge in [0, 0.05) is 17.4 Å². The number of carbonyl (C=O) groups excluding carboxylic acids is 1. The second-order valence-corrected chi connectivity index (χ2v) is 5.84. The Bertz CT molecular complexity index is 614. The van der Waals surface area contributed by atoms with E-state index in [0.717, 1.165) is 28.8 Å². The van der Waals surface area contributed by atoms with E-state index in [4.69, 9.17) is 4.74 Å². The summed E-state index contributed by atoms with van der Waals surface area (Å²) in [4.78, 5) is 12.3. The van der Waals surface area contributed by atoms with E-state index in [1.807, 2.05) is 48.5 Å². The van der Waals surface area contributed by atoms with Gasteiger partial charge in [-0.05, 0) is 35.7 Å². The Kier molecular flexibility index (Phi) is 4.25. The van der Waals surface area contributed by atoms with Gasteiger partial charge in [0.2, 0.25) is 0 Å². The first kappa shape index (κ1) is 14.1. The van der Waals surface area contributed by atoms with Crippen molar-refractivity contribution >= 4 is 27.5 Å². The maximum atomic E-state index is 12.3. The zero-order valence-electron chi connectivity index (χ0n) is 11.5. The Hall–Kier alpha value is -1.81. The molecule has 0 radical (unpaired) electrons. The lowest BCUT2D eigenvalue weighted by Gasteiger charge is -2.11. The predicted molar refractivity (Wildman–Crippen MR) is 87.1 cm³/mol. The van der Waals surface area contributed by atoms with E-state index in [2.05, 4.69) is 21.2 Å². The number of fused-ring (bicyclic) bond motifs is 1. The van der Waals surface area contributed by atoms with Crippen molar-refractivity contribution in [3.8, 4) is 5.75 Å². The minimum absolute atomic E-state index is 0.0977. The lowest BCUT2D eigenvalue weighted by Crippen LogP contribution is -2.31. The Morgan fingerprint density at radius 3 is 2.67 bits per heavy atom. The number of ether oxygens (including phenoxy) is 1. The average Bonchev–Trinajstić information content (AvgIpc) is 2.94. The van der Waals surface area contributed by atoms with Gasteiger partial charge in [-0.1, -0.05) is 46.3 Å². The summed E-state index contributed by atoms with van der Waals surface area (Å²) in [5, 5.41) is 3.85. The van der Waals surface area contributed by atoms with Crippen LogP contribution in [0, 0.1) is 0 Å². The molecule has 0 saturated carbocycles. The number of amides is 1. The molecule has 3 rings (SSSR count). The van der Waals surface area contributed by atoms with E-state index in [1.54, 1.807) is 0 Å². The Morgan fingerprint density at radius 2 is 1.95 bits per heavy atom. The molecule has 1 unspecified atom stereocenters. The molecule has 0 saturated heterocycles. The van der Waals surface area contributed by atoms with Crippen molar-refractivity contribution in [1.29, 1.82) is 0 Å². The number of para-hydroxylation sites is 1. The van der Waals surface area contributed by atoms with Gasteiger partial charge in [0.25, 0.3) is 5.91 Å². The molecule has 1 aliphatic heterocycles. The van der Waals surface area contributed by atoms with Crippen molar-refractivity contribution in [3.05, 3.63) is 59.7 Å². The molecule has 3 nitrogen and oxygen atoms in total. The van der Waals surface area contributed by atoms with Crippen molar-refractivity contribution in [3.63, 3.8) is 0 Å². The fraction of sp³-hybridized carbons (Fsp3) is 0.235. The normalized spacial score (nSPS) is 16.1. The highest BCUT2D eigenvalue weighted by molar-refractivity contribution is 9.09. The van der Waals surface area contributed by atoms with Crippen LogP contribution in [-0.2, 0) is 17.6 Å². The van der Waals surface area contributed by atoms with Gasteiger partial charge in [0.15, 0.2) is 6.10 Å². The maximum absolute atomic E-state index is 12.3. The summed E-state index contributed by atoms with van der Waals surface area (Å²) in [7, 11) is 0. The number of carbonyl (C=O) groups is 1. The van der Waals surface area contributed by atoms with Gasteiger partial charge in [0.05, 0.1) is 0 Å². The summed E-state index contributed by atoms with van der Waals surface area (Å²) >= 11 is 3.42. The van der Waals surface area contributed by atoms with Crippen LogP contribution in [0.2, 0.25) is 0 Å². The lowest BCUT2D eigenvalue weighted by atomic mass is 10.1. The first-order chi connectivity index (χ1) is 10.3. The number of anilines is 1. The summed E-state index contributed by atoms with van der Waals surface area (Å²) in [6, 6.07) is 15.7. The topological polar surface area (TPSA) is 38.3 Å². The molecule has 2 aromatic rings. The van der Waals surface area contributed by atoms with Gasteiger partial charge < -0.3 is 10.1 Å². The van der Waals surface area contributed by atoms with Crippen LogP contribution in [0.15, 0.2) is 48.5 Å². The van der Waals surface area contributed by atoms with E-state index in [0.29, 0.717) is 6.42 Å². The Balaban J connectivity index is 1.62. The minimum atomic E-state index is -0.440. The first-order valence-electron chi connectivity index (χ1n) is 6.96. The number of halogens is 1. The van der Waals surface area contributed by atoms with Gasteiger partial charge >= 0.3 is 0 Å². The second-order valence-electron chi connectivity index (χ2n) is 5.04. The third-order valence-corrected chi connectivity index (χ3v) is 3.94. The molecule has 1 amide bonds. The number of nitrogens with one attached hydrogen (secondary N) is 1. The highest BCUT2D eigenvalue weighted by Crippen LogP contribution is 2.28. The molecule has 1 aliphatic rings. The highest BCUT2D eigenvalue weighted by atomic mass is 79.9. The van der Waals surface area contributed by atoms with Crippen LogP contribution in [0.5, 0.6) is 5.75 Å². The summed E-state index contributed by atoms with van der Waals surface area (Å²) in [6.07, 6.45) is 1.17. The number of hydrogen-bond acceptors (Lipinski definition) is 2. The first-order valence-corrected chi connectivity index (χ1v) is 8.09. The summed E-state index contributed by atoms with van der Waals surface area (Å²) in [5.74, 6) is 0.713. The molecule has 0 spiro atoms. The molecule has 108 valence electrons. The molecule has 2 aromatic carbocycles. The third-order valence-electron chi connectivity index (χ3n) is 3.54. The smallest absolute Gasteiger partial charge is 0.265 e. The van der Waals surface area contributed by atoms with E-state index < -0.39 is 6.10 Å². The van der Waals surface area contributed by atoms with E-state index in [-0.39, 0.29) is 5.91 Å². The third kappa shape index (κ3) is 3.27. The van der Waals surface area contributed by atoms with Crippen molar-refractivity contribution < 1.29 is 9.53 Å². The fourth-order valence-corrected chi connectivity index (χ4v) is 2.87. The fourth-order valence-electron chi connectivity index (χ4n) is 2.41. The van der Waals surface area contributed by atoms with Gasteiger partial charge in [-0.2, -0.15) is 0 Å². The molecule has 1 atom stereocenters. The number of rotatable bonds is 4. The predicted octanol–water partition coefficient (Wildman–Crippen LogP) is 3.57. The SMILES string of the molecule is O=C(Nc1ccc(CCBr)cc1)C1Cc2ccccc2O1. The van der Waals surface area contributed by atoms with Crippen LogP contribution in [0.3, 0.4) is 0 Å². The van der Waals surface area contributed by atoms with Gasteiger partial charge in [-0.25, -0.2) is 0 Å². The molecular weight excluding hydrogens is 330 g/mol. The summed E-state index contributed by atoms with van der Waals surface area (Å²) in [5.41, 5.74) is 3.14. The van der Waals surface area contributed by atoms with Gasteiger partial charge in [-0.3, -0.25) is 4.79 Å². The zero-order chi connectivity index (χ0) is 14.7. The van der Waals surface area contributed by atoms with Crippen LogP contribution in [0.25, 0.3) is 0 Å². The van der Waals surface area contributed by atoms with Crippen molar-refractivity contribution in [1.82, 2.24) is 0 Å². The van der Waals surface area contributed by atoms with Crippen molar-refractivity contribution in [2.45, 2.75) is 18.9 Å². The average molecular weight is 346 g/mol. The summed E-state index contributed by atoms with van der Waals surface area (Å²) in [6.45, 7) is 0. The minimum Gasteiger partial charge on any atom is -0.480 e. The molecule has 0 fully saturated rings. The van der Waals surface area contributed by atoms with Gasteiger partial charge in [-0.15, -0.1) is 0 Å². The molecule has 1 N–H and O–H groups in total. The van der Waals surface area contributed by atoms with Crippen LogP contribution in [0.4, 0.5) is 5.69 Å². The zero-order valence-corrected chi connectivity index (χ0v) is 13.1. The largest absolute Gasteiger partial charge is 0.480 e. The molecule has 1 heterocycles. The van der Waals surface area contributed by atoms with Gasteiger partial charge in [0.1, 0.15) is 5.75 Å². The van der Waals surface area contributed by atoms with Crippen LogP contribution < -0.4 is 10.1 Å². The number of benzene rings is 2. The monoisotopic (exact) mass is 345 g/mol. The number of aryl methyl sites for hydroxylation is 1. The van der Waals surface area contributed by atoms with Crippen molar-refractivity contribution in [2.75, 3.05) is 10.6 Å². The standard InChI is InChI=1S/C17H16BrNO2/c18-10-9-12-5-7-14(8-6-12)19-17(20)16-11-13-3-1-2-4-15(13)21-16/h1-8,16H,9-11H2,(H,19,20). The van der Waals surface area contributed by atoms with Crippen LogP contribution >= 0.6 is 15.9 Å². The van der Waals surface area contributed by atoms with Crippen molar-refractivity contribution in [2.24, 2.45) is 0 Å². The second kappa shape index (κ2) is 6.31. The van der Waals surface area contributed by atoms with E-state index in [9.17, 15) is 4.79 Å². The van der Waals surface area contributed by atoms with E-state index >= 15 is 0 Å². The Morgan fingerprint density at radius 1 is 1.19 bits per heavy atom. The number of alkyl halides is 1. The van der Waals surface area contributed by atoms with Crippen LogP contribution in [-0.4, -0.2) is 17.3 Å². The maximum Gasteiger partial charge on any atom is 0.265 e. The molecule has 0 bridgehead atoms. The highest BCUT2D eigenvalue weighted by Gasteiger charge is 2.28. The molecule has 0 aliphatic carbocycles. The quantitative estimate of drug-likeness (QED) is 0.860. The number of hydrogen-bond donors (Lipinski definition) is 1. The molecule has 0 aromatic heterocycles. The van der Waals surface area contributed by atoms with E-state index in [1.165, 1.54) is 5.56 Å². The molecular formula is C17H16BrNO2. The van der Waals surface area contributed by atoms with Crippen LogP contribution in [0.1, 0.15) is 11.1 Å². The summed E-state index contributed by atoms with van der Waals surface area (Å²) < 4.78 is 5.68. The Labute approximate surface area is 132 Å². The molecule has 4 heteroatoms. The lowest BCUT2D eigenvalue weighted by molar-refractivity contribution is -0.122. The molecule has 21 heavy (non-hydrogen) atoms.